The molecule has 0 atom stereocenters. The SMILES string of the molecule is CCCCCCCCCCCCOc1cc(Cn2cc[n+](C)c2)c(OCCCCCCCCCCCC)cc1Cn1cc[n+](C)c1. The number of rotatable bonds is 28. The smallest absolute Gasteiger partial charge is 0.243 e. The third kappa shape index (κ3) is 15.7. The predicted octanol–water partition coefficient (Wildman–Crippen LogP) is 9.63. The Kier molecular flexibility index (Phi) is 19.3. The summed E-state index contributed by atoms with van der Waals surface area (Å²) in [6, 6.07) is 4.51. The number of imidazole rings is 2. The molecular weight excluding hydrogens is 568 g/mol. The maximum Gasteiger partial charge on any atom is 0.243 e. The molecule has 6 heteroatoms. The average molecular weight is 637 g/mol. The Bertz CT molecular complexity index is 1090. The van der Waals surface area contributed by atoms with Crippen molar-refractivity contribution in [1.82, 2.24) is 9.13 Å². The van der Waals surface area contributed by atoms with Crippen LogP contribution in [0.15, 0.2) is 49.6 Å². The van der Waals surface area contributed by atoms with E-state index < -0.39 is 0 Å². The summed E-state index contributed by atoms with van der Waals surface area (Å²) in [5, 5.41) is 0. The Labute approximate surface area is 282 Å². The summed E-state index contributed by atoms with van der Waals surface area (Å²) < 4.78 is 21.7. The van der Waals surface area contributed by atoms with E-state index >= 15 is 0 Å². The molecule has 2 aromatic heterocycles. The highest BCUT2D eigenvalue weighted by molar-refractivity contribution is 5.47. The standard InChI is InChI=1S/C40H68N4O2/c1-5-7-9-11-13-15-17-19-21-23-29-45-39-31-38(34-44-28-26-42(4)36-44)40(32-37(39)33-43-27-25-41(3)35-43)46-30-24-22-20-18-16-14-12-10-8-6-2/h25-28,31-32,35-36H,5-24,29-30,33-34H2,1-4H3/q+2. The van der Waals surface area contributed by atoms with E-state index in [1.165, 1.54) is 127 Å². The second kappa shape index (κ2) is 23.5. The molecule has 0 aliphatic rings. The van der Waals surface area contributed by atoms with Gasteiger partial charge in [-0.25, -0.2) is 18.3 Å². The van der Waals surface area contributed by atoms with Crippen LogP contribution in [-0.2, 0) is 27.2 Å². The van der Waals surface area contributed by atoms with Gasteiger partial charge in [0.2, 0.25) is 12.7 Å². The molecule has 0 bridgehead atoms. The van der Waals surface area contributed by atoms with Gasteiger partial charge in [0, 0.05) is 11.1 Å². The molecule has 0 spiro atoms. The monoisotopic (exact) mass is 637 g/mol. The fraction of sp³-hybridized carbons (Fsp3) is 0.700. The van der Waals surface area contributed by atoms with Crippen LogP contribution >= 0.6 is 0 Å². The Hall–Kier alpha value is -2.76. The Balaban J connectivity index is 1.57. The summed E-state index contributed by atoms with van der Waals surface area (Å²) in [7, 11) is 4.14. The number of ether oxygens (including phenoxy) is 2. The maximum atomic E-state index is 6.55. The van der Waals surface area contributed by atoms with Gasteiger partial charge in [-0.2, -0.15) is 0 Å². The number of aryl methyl sites for hydroxylation is 2. The first-order valence-electron chi connectivity index (χ1n) is 19.0. The van der Waals surface area contributed by atoms with Gasteiger partial charge in [0.1, 0.15) is 49.4 Å². The first kappa shape index (κ1) is 37.7. The van der Waals surface area contributed by atoms with E-state index in [0.717, 1.165) is 50.6 Å². The molecule has 2 heterocycles. The minimum atomic E-state index is 0.764. The van der Waals surface area contributed by atoms with Crippen LogP contribution in [0.2, 0.25) is 0 Å². The molecule has 0 radical (unpaired) electrons. The summed E-state index contributed by atoms with van der Waals surface area (Å²) in [6.07, 6.45) is 39.3. The molecule has 0 fully saturated rings. The van der Waals surface area contributed by atoms with Gasteiger partial charge < -0.3 is 9.47 Å². The number of nitrogens with zero attached hydrogens (tertiary/aromatic N) is 4. The number of hydrogen-bond acceptors (Lipinski definition) is 2. The molecule has 1 aromatic carbocycles. The van der Waals surface area contributed by atoms with E-state index in [1.54, 1.807) is 0 Å². The second-order valence-corrected chi connectivity index (χ2v) is 13.6. The van der Waals surface area contributed by atoms with Crippen LogP contribution < -0.4 is 18.6 Å². The first-order valence-corrected chi connectivity index (χ1v) is 19.0. The molecular formula is C40H68N4O2+2. The third-order valence-corrected chi connectivity index (χ3v) is 9.11. The minimum absolute atomic E-state index is 0.764. The normalized spacial score (nSPS) is 11.4. The van der Waals surface area contributed by atoms with Gasteiger partial charge in [-0.1, -0.05) is 129 Å². The highest BCUT2D eigenvalue weighted by Gasteiger charge is 2.17. The lowest BCUT2D eigenvalue weighted by Gasteiger charge is -2.17. The van der Waals surface area contributed by atoms with Crippen molar-refractivity contribution in [2.75, 3.05) is 13.2 Å². The zero-order valence-corrected chi connectivity index (χ0v) is 30.2. The molecule has 3 aromatic rings. The zero-order chi connectivity index (χ0) is 32.7. The predicted molar refractivity (Wildman–Crippen MR) is 191 cm³/mol. The number of hydrogen-bond donors (Lipinski definition) is 0. The van der Waals surface area contributed by atoms with Crippen LogP contribution in [0.3, 0.4) is 0 Å². The number of benzene rings is 1. The molecule has 6 nitrogen and oxygen atoms in total. The number of aromatic nitrogens is 4. The molecule has 0 saturated carbocycles. The topological polar surface area (TPSA) is 36.1 Å². The van der Waals surface area contributed by atoms with Crippen LogP contribution in [0.1, 0.15) is 153 Å². The van der Waals surface area contributed by atoms with Crippen molar-refractivity contribution in [3.8, 4) is 11.5 Å². The average Bonchev–Trinajstić information content (AvgIpc) is 3.66. The van der Waals surface area contributed by atoms with Crippen molar-refractivity contribution in [3.05, 3.63) is 60.7 Å². The van der Waals surface area contributed by atoms with E-state index in [9.17, 15) is 0 Å². The van der Waals surface area contributed by atoms with Crippen molar-refractivity contribution in [3.63, 3.8) is 0 Å². The summed E-state index contributed by atoms with van der Waals surface area (Å²) in [6.45, 7) is 7.63. The van der Waals surface area contributed by atoms with E-state index in [4.69, 9.17) is 9.47 Å². The molecule has 0 N–H and O–H groups in total. The summed E-state index contributed by atoms with van der Waals surface area (Å²) >= 11 is 0. The molecule has 0 aliphatic carbocycles. The second-order valence-electron chi connectivity index (χ2n) is 13.6. The maximum absolute atomic E-state index is 6.55. The van der Waals surface area contributed by atoms with Crippen LogP contribution in [0.5, 0.6) is 11.5 Å². The van der Waals surface area contributed by atoms with Crippen LogP contribution in [0.4, 0.5) is 0 Å². The lowest BCUT2D eigenvalue weighted by molar-refractivity contribution is -0.671. The van der Waals surface area contributed by atoms with Gasteiger partial charge in [-0.15, -0.1) is 0 Å². The van der Waals surface area contributed by atoms with Crippen molar-refractivity contribution in [1.29, 1.82) is 0 Å². The Morgan fingerprint density at radius 3 is 1.11 bits per heavy atom. The Morgan fingerprint density at radius 2 is 0.804 bits per heavy atom. The molecule has 46 heavy (non-hydrogen) atoms. The van der Waals surface area contributed by atoms with Crippen molar-refractivity contribution in [2.45, 2.75) is 155 Å². The van der Waals surface area contributed by atoms with Gasteiger partial charge >= 0.3 is 0 Å². The van der Waals surface area contributed by atoms with Crippen molar-refractivity contribution < 1.29 is 18.6 Å². The molecule has 0 amide bonds. The summed E-state index contributed by atoms with van der Waals surface area (Å²) in [5.41, 5.74) is 2.37. The molecule has 0 aliphatic heterocycles. The van der Waals surface area contributed by atoms with Crippen molar-refractivity contribution in [2.24, 2.45) is 14.1 Å². The van der Waals surface area contributed by atoms with Crippen LogP contribution in [0, 0.1) is 0 Å². The minimum Gasteiger partial charge on any atom is -0.493 e. The van der Waals surface area contributed by atoms with E-state index in [1.807, 2.05) is 0 Å². The largest absolute Gasteiger partial charge is 0.493 e. The van der Waals surface area contributed by atoms with Gasteiger partial charge in [0.25, 0.3) is 0 Å². The highest BCUT2D eigenvalue weighted by Crippen LogP contribution is 2.31. The quantitative estimate of drug-likeness (QED) is 0.0588. The fourth-order valence-electron chi connectivity index (χ4n) is 6.29. The van der Waals surface area contributed by atoms with Gasteiger partial charge in [-0.3, -0.25) is 0 Å². The summed E-state index contributed by atoms with van der Waals surface area (Å²) in [4.78, 5) is 0. The zero-order valence-electron chi connectivity index (χ0n) is 30.2. The molecule has 0 saturated heterocycles. The molecule has 3 rings (SSSR count). The molecule has 0 unspecified atom stereocenters. The van der Waals surface area contributed by atoms with Crippen LogP contribution in [0.25, 0.3) is 0 Å². The number of unbranched alkanes of at least 4 members (excludes halogenated alkanes) is 18. The van der Waals surface area contributed by atoms with Gasteiger partial charge in [0.15, 0.2) is 0 Å². The highest BCUT2D eigenvalue weighted by atomic mass is 16.5. The Morgan fingerprint density at radius 1 is 0.478 bits per heavy atom. The van der Waals surface area contributed by atoms with E-state index in [0.29, 0.717) is 0 Å². The summed E-state index contributed by atoms with van der Waals surface area (Å²) in [5.74, 6) is 1.98. The third-order valence-electron chi connectivity index (χ3n) is 9.11. The lowest BCUT2D eigenvalue weighted by Crippen LogP contribution is -2.24. The van der Waals surface area contributed by atoms with Gasteiger partial charge in [0.05, 0.1) is 27.3 Å². The van der Waals surface area contributed by atoms with E-state index in [2.05, 4.69) is 95.8 Å². The lowest BCUT2D eigenvalue weighted by atomic mass is 10.1. The van der Waals surface area contributed by atoms with Crippen LogP contribution in [-0.4, -0.2) is 22.3 Å². The molecule has 258 valence electrons. The van der Waals surface area contributed by atoms with Crippen molar-refractivity contribution >= 4 is 0 Å². The first-order chi connectivity index (χ1) is 22.6. The fourth-order valence-corrected chi connectivity index (χ4v) is 6.29. The van der Waals surface area contributed by atoms with E-state index in [-0.39, 0.29) is 0 Å². The van der Waals surface area contributed by atoms with Gasteiger partial charge in [-0.05, 0) is 25.0 Å².